The van der Waals surface area contributed by atoms with Gasteiger partial charge in [-0.15, -0.1) is 0 Å². The quantitative estimate of drug-likeness (QED) is 0.728. The molecule has 140 valence electrons. The number of aromatic hydroxyl groups is 1. The molecule has 1 N–H and O–H groups in total. The van der Waals surface area contributed by atoms with Crippen molar-refractivity contribution in [1.82, 2.24) is 5.01 Å². The van der Waals surface area contributed by atoms with Crippen LogP contribution in [0, 0.1) is 0 Å². The summed E-state index contributed by atoms with van der Waals surface area (Å²) < 4.78 is 11.7. The average Bonchev–Trinajstić information content (AvgIpc) is 3.19. The van der Waals surface area contributed by atoms with Gasteiger partial charge in [0.25, 0.3) is 0 Å². The van der Waals surface area contributed by atoms with Gasteiger partial charge in [-0.05, 0) is 30.3 Å². The highest BCUT2D eigenvalue weighted by molar-refractivity contribution is 6.04. The van der Waals surface area contributed by atoms with Crippen molar-refractivity contribution in [2.45, 2.75) is 18.7 Å². The molecule has 0 aromatic heterocycles. The van der Waals surface area contributed by atoms with Crippen LogP contribution >= 0.6 is 0 Å². The van der Waals surface area contributed by atoms with Gasteiger partial charge in [-0.1, -0.05) is 42.5 Å². The molecule has 3 aromatic rings. The largest absolute Gasteiger partial charge is 0.507 e. The first-order valence-electron chi connectivity index (χ1n) is 9.28. The van der Waals surface area contributed by atoms with Crippen molar-refractivity contribution in [3.05, 3.63) is 89.5 Å². The minimum Gasteiger partial charge on any atom is -0.507 e. The number of hydrazone groups is 1. The van der Waals surface area contributed by atoms with Gasteiger partial charge in [0.1, 0.15) is 17.2 Å². The molecule has 3 aromatic carbocycles. The zero-order valence-electron chi connectivity index (χ0n) is 15.4. The Balaban J connectivity index is 1.61. The second kappa shape index (κ2) is 6.60. The molecule has 2 heterocycles. The lowest BCUT2D eigenvalue weighted by atomic mass is 9.95. The smallest absolute Gasteiger partial charge is 0.214 e. The van der Waals surface area contributed by atoms with Crippen molar-refractivity contribution in [1.29, 1.82) is 0 Å². The number of phenols is 1. The van der Waals surface area contributed by atoms with E-state index in [0.29, 0.717) is 6.42 Å². The van der Waals surface area contributed by atoms with Gasteiger partial charge in [-0.3, -0.25) is 0 Å². The summed E-state index contributed by atoms with van der Waals surface area (Å²) >= 11 is 0. The minimum absolute atomic E-state index is 0.0516. The molecular formula is C23H20N2O3. The standard InChI is InChI=1S/C23H20N2O3/c1-27-16-8-6-7-15(13-16)23-25-20(18-10-3-5-12-22(18)28-23)14-19(24-25)17-9-2-4-11-21(17)26/h2-13,20,23,26H,14H2,1H3/t20-,23-/m0/s1. The lowest BCUT2D eigenvalue weighted by molar-refractivity contribution is -0.0191. The molecule has 5 heteroatoms. The summed E-state index contributed by atoms with van der Waals surface area (Å²) in [6.07, 6.45) is 0.344. The van der Waals surface area contributed by atoms with E-state index in [0.717, 1.165) is 33.9 Å². The van der Waals surface area contributed by atoms with Crippen molar-refractivity contribution in [3.63, 3.8) is 0 Å². The monoisotopic (exact) mass is 372 g/mol. The maximum Gasteiger partial charge on any atom is 0.214 e. The molecule has 0 unspecified atom stereocenters. The molecule has 5 nitrogen and oxygen atoms in total. The topological polar surface area (TPSA) is 54.3 Å². The summed E-state index contributed by atoms with van der Waals surface area (Å²) in [4.78, 5) is 0. The van der Waals surface area contributed by atoms with E-state index < -0.39 is 0 Å². The van der Waals surface area contributed by atoms with Crippen LogP contribution in [0.4, 0.5) is 0 Å². The van der Waals surface area contributed by atoms with Crippen LogP contribution in [0.15, 0.2) is 77.9 Å². The fraction of sp³-hybridized carbons (Fsp3) is 0.174. The zero-order chi connectivity index (χ0) is 19.1. The van der Waals surface area contributed by atoms with Crippen LogP contribution in [0.2, 0.25) is 0 Å². The molecule has 0 amide bonds. The van der Waals surface area contributed by atoms with Crippen LogP contribution in [0.3, 0.4) is 0 Å². The van der Waals surface area contributed by atoms with Crippen molar-refractivity contribution >= 4 is 5.71 Å². The Kier molecular flexibility index (Phi) is 3.93. The van der Waals surface area contributed by atoms with Gasteiger partial charge >= 0.3 is 0 Å². The second-order valence-electron chi connectivity index (χ2n) is 6.95. The van der Waals surface area contributed by atoms with Crippen molar-refractivity contribution in [2.75, 3.05) is 7.11 Å². The van der Waals surface area contributed by atoms with Crippen LogP contribution in [0.25, 0.3) is 0 Å². The molecule has 2 atom stereocenters. The maximum absolute atomic E-state index is 10.3. The van der Waals surface area contributed by atoms with Gasteiger partial charge in [0.05, 0.1) is 18.9 Å². The third kappa shape index (κ3) is 2.67. The Labute approximate surface area is 163 Å². The number of fused-ring (bicyclic) bond motifs is 3. The number of rotatable bonds is 3. The fourth-order valence-electron chi connectivity index (χ4n) is 3.93. The van der Waals surface area contributed by atoms with Crippen LogP contribution in [-0.2, 0) is 0 Å². The van der Waals surface area contributed by atoms with E-state index in [1.807, 2.05) is 65.7 Å². The molecule has 0 fully saturated rings. The van der Waals surface area contributed by atoms with E-state index in [9.17, 15) is 5.11 Å². The van der Waals surface area contributed by atoms with Crippen LogP contribution in [0.1, 0.15) is 35.4 Å². The van der Waals surface area contributed by atoms with E-state index >= 15 is 0 Å². The number of para-hydroxylation sites is 2. The molecular weight excluding hydrogens is 352 g/mol. The summed E-state index contributed by atoms with van der Waals surface area (Å²) in [5, 5.41) is 17.2. The van der Waals surface area contributed by atoms with E-state index in [1.165, 1.54) is 0 Å². The normalized spacial score (nSPS) is 20.0. The first-order valence-corrected chi connectivity index (χ1v) is 9.28. The first kappa shape index (κ1) is 16.7. The summed E-state index contributed by atoms with van der Waals surface area (Å²) in [6.45, 7) is 0. The van der Waals surface area contributed by atoms with E-state index in [-0.39, 0.29) is 18.0 Å². The molecule has 0 aliphatic carbocycles. The Hall–Kier alpha value is -3.47. The lowest BCUT2D eigenvalue weighted by Crippen LogP contribution is -2.33. The first-order chi connectivity index (χ1) is 13.7. The Morgan fingerprint density at radius 3 is 2.71 bits per heavy atom. The number of hydrogen-bond acceptors (Lipinski definition) is 5. The highest BCUT2D eigenvalue weighted by Crippen LogP contribution is 2.48. The summed E-state index contributed by atoms with van der Waals surface area (Å²) in [5.74, 6) is 1.89. The van der Waals surface area contributed by atoms with Gasteiger partial charge in [0, 0.05) is 23.1 Å². The summed E-state index contributed by atoms with van der Waals surface area (Å²) in [6, 6.07) is 23.3. The zero-order valence-corrected chi connectivity index (χ0v) is 15.4. The van der Waals surface area contributed by atoms with Gasteiger partial charge in [0.2, 0.25) is 6.23 Å². The SMILES string of the molecule is COc1cccc([C@@H]2Oc3ccccc3[C@@H]3CC(c4ccccc4O)=NN32)c1. The maximum atomic E-state index is 10.3. The van der Waals surface area contributed by atoms with Crippen molar-refractivity contribution in [2.24, 2.45) is 5.10 Å². The van der Waals surface area contributed by atoms with Gasteiger partial charge in [-0.25, -0.2) is 5.01 Å². The predicted molar refractivity (Wildman–Crippen MR) is 107 cm³/mol. The second-order valence-corrected chi connectivity index (χ2v) is 6.95. The molecule has 0 saturated carbocycles. The van der Waals surface area contributed by atoms with Crippen molar-refractivity contribution in [3.8, 4) is 17.2 Å². The summed E-state index contributed by atoms with van der Waals surface area (Å²) in [5.41, 5.74) is 3.70. The number of ether oxygens (including phenoxy) is 2. The van der Waals surface area contributed by atoms with Gasteiger partial charge in [-0.2, -0.15) is 5.10 Å². The third-order valence-electron chi connectivity index (χ3n) is 5.29. The minimum atomic E-state index is -0.363. The van der Waals surface area contributed by atoms with E-state index in [4.69, 9.17) is 14.6 Å². The molecule has 0 saturated heterocycles. The van der Waals surface area contributed by atoms with Gasteiger partial charge < -0.3 is 14.6 Å². The highest BCUT2D eigenvalue weighted by atomic mass is 16.5. The molecule has 5 rings (SSSR count). The van der Waals surface area contributed by atoms with Crippen LogP contribution in [-0.4, -0.2) is 22.9 Å². The predicted octanol–water partition coefficient (Wildman–Crippen LogP) is 4.64. The molecule has 0 radical (unpaired) electrons. The van der Waals surface area contributed by atoms with Crippen LogP contribution in [0.5, 0.6) is 17.2 Å². The average molecular weight is 372 g/mol. The van der Waals surface area contributed by atoms with Gasteiger partial charge in [0.15, 0.2) is 0 Å². The molecule has 0 bridgehead atoms. The number of hydrogen-bond donors (Lipinski definition) is 1. The van der Waals surface area contributed by atoms with E-state index in [1.54, 1.807) is 13.2 Å². The number of phenolic OH excluding ortho intramolecular Hbond substituents is 1. The molecule has 0 spiro atoms. The number of methoxy groups -OCH3 is 1. The Bertz CT molecular complexity index is 1060. The molecule has 2 aliphatic rings. The Morgan fingerprint density at radius 2 is 1.86 bits per heavy atom. The lowest BCUT2D eigenvalue weighted by Gasteiger charge is -2.38. The highest BCUT2D eigenvalue weighted by Gasteiger charge is 2.41. The molecule has 28 heavy (non-hydrogen) atoms. The third-order valence-corrected chi connectivity index (χ3v) is 5.29. The summed E-state index contributed by atoms with van der Waals surface area (Å²) in [7, 11) is 1.66. The Morgan fingerprint density at radius 1 is 1.04 bits per heavy atom. The number of benzene rings is 3. The van der Waals surface area contributed by atoms with Crippen LogP contribution < -0.4 is 9.47 Å². The molecule has 2 aliphatic heterocycles. The van der Waals surface area contributed by atoms with E-state index in [2.05, 4.69) is 6.07 Å². The number of nitrogens with zero attached hydrogens (tertiary/aromatic N) is 2. The fourth-order valence-corrected chi connectivity index (χ4v) is 3.93. The van der Waals surface area contributed by atoms with Crippen molar-refractivity contribution < 1.29 is 14.6 Å².